The minimum absolute atomic E-state index is 0.0883. The molecule has 0 spiro atoms. The van der Waals surface area contributed by atoms with Gasteiger partial charge in [0.05, 0.1) is 5.56 Å². The molecule has 0 aliphatic rings. The molecular formula is C21H19N3O5. The molecule has 2 N–H and O–H groups in total. The van der Waals surface area contributed by atoms with Gasteiger partial charge in [0.25, 0.3) is 0 Å². The molecule has 1 aromatic heterocycles. The molecule has 3 aromatic rings. The van der Waals surface area contributed by atoms with Gasteiger partial charge in [-0.25, -0.2) is 9.78 Å². The van der Waals surface area contributed by atoms with Crippen LogP contribution in [0.25, 0.3) is 11.5 Å². The summed E-state index contributed by atoms with van der Waals surface area (Å²) >= 11 is 0. The number of rotatable bonds is 6. The molecule has 1 heterocycles. The van der Waals surface area contributed by atoms with Crippen molar-refractivity contribution in [2.45, 2.75) is 20.5 Å². The third-order valence-corrected chi connectivity index (χ3v) is 3.73. The zero-order valence-corrected chi connectivity index (χ0v) is 15.9. The molecule has 0 aliphatic carbocycles. The van der Waals surface area contributed by atoms with E-state index in [1.165, 1.54) is 32.2 Å². The molecule has 2 aromatic carbocycles. The summed E-state index contributed by atoms with van der Waals surface area (Å²) in [4.78, 5) is 39.4. The number of aromatic nitrogens is 1. The van der Waals surface area contributed by atoms with Gasteiger partial charge in [0.15, 0.2) is 0 Å². The minimum Gasteiger partial charge on any atom is -0.455 e. The summed E-state index contributed by atoms with van der Waals surface area (Å²) in [6.45, 7) is 2.60. The number of ether oxygens (including phenoxy) is 1. The summed E-state index contributed by atoms with van der Waals surface area (Å²) < 4.78 is 10.7. The van der Waals surface area contributed by atoms with Crippen LogP contribution in [0.5, 0.6) is 0 Å². The van der Waals surface area contributed by atoms with Gasteiger partial charge in [-0.3, -0.25) is 9.59 Å². The number of hydrogen-bond donors (Lipinski definition) is 2. The number of amides is 2. The van der Waals surface area contributed by atoms with Crippen LogP contribution in [-0.2, 0) is 20.9 Å². The Balaban J connectivity index is 1.72. The number of anilines is 2. The standard InChI is InChI=1S/C21H19N3O5/c1-13(25)22-17-8-16(9-18(10-17)23-14(2)26)21(27)29-12-19-11-28-20(24-19)15-6-4-3-5-7-15/h3-11H,12H2,1-2H3,(H,22,25)(H,23,26). The molecular weight excluding hydrogens is 374 g/mol. The quantitative estimate of drug-likeness (QED) is 0.619. The third-order valence-electron chi connectivity index (χ3n) is 3.73. The van der Waals surface area contributed by atoms with Crippen molar-refractivity contribution >= 4 is 29.2 Å². The molecule has 8 heteroatoms. The molecule has 2 amide bonds. The third kappa shape index (κ3) is 5.52. The molecule has 0 saturated heterocycles. The van der Waals surface area contributed by atoms with Gasteiger partial charge < -0.3 is 19.8 Å². The number of nitrogens with one attached hydrogen (secondary N) is 2. The molecule has 0 aliphatic heterocycles. The highest BCUT2D eigenvalue weighted by molar-refractivity contribution is 5.97. The molecule has 0 unspecified atom stereocenters. The number of oxazole rings is 1. The van der Waals surface area contributed by atoms with Crippen LogP contribution in [0.4, 0.5) is 11.4 Å². The normalized spacial score (nSPS) is 10.3. The Labute approximate surface area is 166 Å². The van der Waals surface area contributed by atoms with Gasteiger partial charge in [-0.05, 0) is 30.3 Å². The first-order valence-electron chi connectivity index (χ1n) is 8.78. The highest BCUT2D eigenvalue weighted by Gasteiger charge is 2.14. The lowest BCUT2D eigenvalue weighted by molar-refractivity contribution is -0.115. The van der Waals surface area contributed by atoms with E-state index in [2.05, 4.69) is 15.6 Å². The van der Waals surface area contributed by atoms with Crippen molar-refractivity contribution in [3.63, 3.8) is 0 Å². The van der Waals surface area contributed by atoms with Crippen molar-refractivity contribution in [1.29, 1.82) is 0 Å². The Morgan fingerprint density at radius 2 is 1.59 bits per heavy atom. The Hall–Kier alpha value is -3.94. The lowest BCUT2D eigenvalue weighted by Gasteiger charge is -2.10. The first kappa shape index (κ1) is 19.8. The lowest BCUT2D eigenvalue weighted by Crippen LogP contribution is -2.12. The SMILES string of the molecule is CC(=O)Nc1cc(NC(C)=O)cc(C(=O)OCc2coc(-c3ccccc3)n2)c1. The summed E-state index contributed by atoms with van der Waals surface area (Å²) in [5, 5.41) is 5.17. The first-order valence-corrected chi connectivity index (χ1v) is 8.78. The van der Waals surface area contributed by atoms with Crippen LogP contribution < -0.4 is 10.6 Å². The van der Waals surface area contributed by atoms with Crippen LogP contribution in [-0.4, -0.2) is 22.8 Å². The van der Waals surface area contributed by atoms with Crippen molar-refractivity contribution in [3.8, 4) is 11.5 Å². The van der Waals surface area contributed by atoms with E-state index in [-0.39, 0.29) is 24.0 Å². The summed E-state index contributed by atoms with van der Waals surface area (Å²) in [7, 11) is 0. The number of hydrogen-bond acceptors (Lipinski definition) is 6. The predicted octanol–water partition coefficient (Wildman–Crippen LogP) is 3.62. The highest BCUT2D eigenvalue weighted by atomic mass is 16.5. The maximum absolute atomic E-state index is 12.5. The van der Waals surface area contributed by atoms with Crippen LogP contribution in [0.1, 0.15) is 29.9 Å². The van der Waals surface area contributed by atoms with Crippen molar-refractivity contribution in [2.24, 2.45) is 0 Å². The van der Waals surface area contributed by atoms with Crippen LogP contribution >= 0.6 is 0 Å². The zero-order chi connectivity index (χ0) is 20.8. The van der Waals surface area contributed by atoms with Crippen molar-refractivity contribution in [2.75, 3.05) is 10.6 Å². The van der Waals surface area contributed by atoms with Gasteiger partial charge in [-0.2, -0.15) is 0 Å². The number of nitrogens with zero attached hydrogens (tertiary/aromatic N) is 1. The number of esters is 1. The van der Waals surface area contributed by atoms with Gasteiger partial charge in [-0.1, -0.05) is 18.2 Å². The Kier molecular flexibility index (Phi) is 6.03. The zero-order valence-electron chi connectivity index (χ0n) is 15.9. The lowest BCUT2D eigenvalue weighted by atomic mass is 10.1. The fourth-order valence-corrected chi connectivity index (χ4v) is 2.61. The predicted molar refractivity (Wildman–Crippen MR) is 106 cm³/mol. The molecule has 8 nitrogen and oxygen atoms in total. The summed E-state index contributed by atoms with van der Waals surface area (Å²) in [6, 6.07) is 13.8. The number of carbonyl (C=O) groups excluding carboxylic acids is 3. The average Bonchev–Trinajstić information content (AvgIpc) is 3.14. The van der Waals surface area contributed by atoms with Gasteiger partial charge in [-0.15, -0.1) is 0 Å². The van der Waals surface area contributed by atoms with Crippen LogP contribution in [0.15, 0.2) is 59.2 Å². The second-order valence-corrected chi connectivity index (χ2v) is 6.25. The Morgan fingerprint density at radius 3 is 2.17 bits per heavy atom. The van der Waals surface area contributed by atoms with Crippen molar-refractivity contribution < 1.29 is 23.5 Å². The molecule has 0 bridgehead atoms. The molecule has 0 fully saturated rings. The maximum Gasteiger partial charge on any atom is 0.338 e. The average molecular weight is 393 g/mol. The van der Waals surface area contributed by atoms with E-state index in [4.69, 9.17) is 9.15 Å². The topological polar surface area (TPSA) is 111 Å². The van der Waals surface area contributed by atoms with Crippen LogP contribution in [0, 0.1) is 0 Å². The second kappa shape index (κ2) is 8.83. The summed E-state index contributed by atoms with van der Waals surface area (Å²) in [5.74, 6) is -0.814. The van der Waals surface area contributed by atoms with Crippen molar-refractivity contribution in [3.05, 3.63) is 66.1 Å². The minimum atomic E-state index is -0.631. The smallest absolute Gasteiger partial charge is 0.338 e. The largest absolute Gasteiger partial charge is 0.455 e. The van der Waals surface area contributed by atoms with E-state index in [1.54, 1.807) is 6.07 Å². The van der Waals surface area contributed by atoms with Crippen LogP contribution in [0.3, 0.4) is 0 Å². The highest BCUT2D eigenvalue weighted by Crippen LogP contribution is 2.21. The molecule has 0 atom stereocenters. The number of carbonyl (C=O) groups is 3. The second-order valence-electron chi connectivity index (χ2n) is 6.25. The van der Waals surface area contributed by atoms with Gasteiger partial charge in [0.2, 0.25) is 17.7 Å². The van der Waals surface area contributed by atoms with E-state index in [0.717, 1.165) is 5.56 Å². The summed E-state index contributed by atoms with van der Waals surface area (Å²) in [5.41, 5.74) is 2.17. The Bertz CT molecular complexity index is 1010. The van der Waals surface area contributed by atoms with Gasteiger partial charge in [0.1, 0.15) is 18.6 Å². The fourth-order valence-electron chi connectivity index (χ4n) is 2.61. The monoisotopic (exact) mass is 393 g/mol. The van der Waals surface area contributed by atoms with E-state index >= 15 is 0 Å². The van der Waals surface area contributed by atoms with Crippen molar-refractivity contribution in [1.82, 2.24) is 4.98 Å². The first-order chi connectivity index (χ1) is 13.9. The van der Waals surface area contributed by atoms with Crippen LogP contribution in [0.2, 0.25) is 0 Å². The molecule has 29 heavy (non-hydrogen) atoms. The number of benzene rings is 2. The van der Waals surface area contributed by atoms with E-state index in [1.807, 2.05) is 30.3 Å². The molecule has 0 radical (unpaired) electrons. The molecule has 148 valence electrons. The van der Waals surface area contributed by atoms with E-state index in [9.17, 15) is 14.4 Å². The van der Waals surface area contributed by atoms with Gasteiger partial charge in [0, 0.05) is 30.8 Å². The maximum atomic E-state index is 12.5. The molecule has 0 saturated carbocycles. The fraction of sp³-hybridized carbons (Fsp3) is 0.143. The van der Waals surface area contributed by atoms with E-state index in [0.29, 0.717) is 23.0 Å². The molecule has 3 rings (SSSR count). The Morgan fingerprint density at radius 1 is 0.966 bits per heavy atom. The van der Waals surface area contributed by atoms with E-state index < -0.39 is 5.97 Å². The summed E-state index contributed by atoms with van der Waals surface area (Å²) in [6.07, 6.45) is 1.42. The van der Waals surface area contributed by atoms with Gasteiger partial charge >= 0.3 is 5.97 Å².